The topological polar surface area (TPSA) is 58.4 Å². The van der Waals surface area contributed by atoms with Crippen LogP contribution >= 0.6 is 0 Å². The maximum absolute atomic E-state index is 11.7. The Hall–Kier alpha value is -1.39. The highest BCUT2D eigenvalue weighted by Crippen LogP contribution is 2.14. The van der Waals surface area contributed by atoms with Gasteiger partial charge in [0.1, 0.15) is 6.04 Å². The highest BCUT2D eigenvalue weighted by Gasteiger charge is 2.15. The third-order valence-corrected chi connectivity index (χ3v) is 2.60. The molecule has 0 bridgehead atoms. The van der Waals surface area contributed by atoms with Gasteiger partial charge in [-0.15, -0.1) is 0 Å². The van der Waals surface area contributed by atoms with Gasteiger partial charge in [0.2, 0.25) is 0 Å². The Labute approximate surface area is 109 Å². The summed E-state index contributed by atoms with van der Waals surface area (Å²) < 4.78 is 0. The van der Waals surface area contributed by atoms with Gasteiger partial charge in [0.05, 0.1) is 0 Å². The maximum atomic E-state index is 11.7. The van der Waals surface area contributed by atoms with Crippen LogP contribution in [0.25, 0.3) is 0 Å². The number of carbonyl (C=O) groups is 1. The number of rotatable bonds is 5. The van der Waals surface area contributed by atoms with Gasteiger partial charge in [-0.2, -0.15) is 0 Å². The summed E-state index contributed by atoms with van der Waals surface area (Å²) in [6, 6.07) is 7.31. The highest BCUT2D eigenvalue weighted by atomic mass is 16.2. The Morgan fingerprint density at radius 3 is 2.28 bits per heavy atom. The summed E-state index contributed by atoms with van der Waals surface area (Å²) in [4.78, 5) is 11.7. The fourth-order valence-electron chi connectivity index (χ4n) is 1.77. The largest absolute Gasteiger partial charge is 0.316 e. The molecule has 0 aliphatic heterocycles. The van der Waals surface area contributed by atoms with Gasteiger partial charge in [-0.05, 0) is 23.5 Å². The third-order valence-electron chi connectivity index (χ3n) is 2.60. The maximum Gasteiger partial charge on any atom is 0.255 e. The van der Waals surface area contributed by atoms with E-state index in [0.717, 1.165) is 12.0 Å². The number of carbonyl (C=O) groups excluding carboxylic acids is 1. The molecule has 0 fully saturated rings. The zero-order chi connectivity index (χ0) is 13.7. The average Bonchev–Trinajstić information content (AvgIpc) is 2.27. The Balaban J connectivity index is 2.69. The minimum Gasteiger partial charge on any atom is -0.316 e. The average molecular weight is 249 g/mol. The van der Waals surface area contributed by atoms with Crippen molar-refractivity contribution in [2.75, 3.05) is 14.1 Å². The van der Waals surface area contributed by atoms with E-state index in [1.54, 1.807) is 19.1 Å². The minimum absolute atomic E-state index is 0.198. The van der Waals surface area contributed by atoms with E-state index in [1.165, 1.54) is 5.56 Å². The fourth-order valence-corrected chi connectivity index (χ4v) is 1.77. The predicted molar refractivity (Wildman–Crippen MR) is 73.7 cm³/mol. The van der Waals surface area contributed by atoms with E-state index in [4.69, 9.17) is 5.73 Å². The van der Waals surface area contributed by atoms with Gasteiger partial charge in [0, 0.05) is 14.1 Å². The minimum atomic E-state index is -0.625. The van der Waals surface area contributed by atoms with Gasteiger partial charge >= 0.3 is 0 Å². The first-order valence-electron chi connectivity index (χ1n) is 6.22. The van der Waals surface area contributed by atoms with Gasteiger partial charge in [-0.1, -0.05) is 38.1 Å². The second kappa shape index (κ2) is 6.52. The van der Waals surface area contributed by atoms with Gasteiger partial charge in [0.15, 0.2) is 0 Å². The van der Waals surface area contributed by atoms with Gasteiger partial charge in [0.25, 0.3) is 5.91 Å². The Kier molecular flexibility index (Phi) is 5.31. The lowest BCUT2D eigenvalue weighted by Crippen LogP contribution is -2.41. The third kappa shape index (κ3) is 4.47. The molecule has 0 heterocycles. The number of nitrogens with zero attached hydrogens (tertiary/aromatic N) is 1. The van der Waals surface area contributed by atoms with Crippen LogP contribution in [0.1, 0.15) is 31.0 Å². The predicted octanol–water partition coefficient (Wildman–Crippen LogP) is 1.48. The van der Waals surface area contributed by atoms with Crippen molar-refractivity contribution in [2.24, 2.45) is 11.7 Å². The summed E-state index contributed by atoms with van der Waals surface area (Å²) in [5.41, 5.74) is 10.7. The molecule has 4 nitrogen and oxygen atoms in total. The van der Waals surface area contributed by atoms with Crippen LogP contribution in [-0.2, 0) is 11.2 Å². The van der Waals surface area contributed by atoms with Crippen molar-refractivity contribution < 1.29 is 4.79 Å². The Morgan fingerprint density at radius 2 is 1.83 bits per heavy atom. The summed E-state index contributed by atoms with van der Waals surface area (Å²) in [5.74, 6) is 0.429. The molecule has 100 valence electrons. The van der Waals surface area contributed by atoms with E-state index < -0.39 is 6.04 Å². The molecule has 0 aromatic heterocycles. The molecule has 1 atom stereocenters. The molecule has 1 aromatic carbocycles. The molecule has 1 rings (SSSR count). The molecule has 0 saturated carbocycles. The van der Waals surface area contributed by atoms with Crippen molar-refractivity contribution in [1.29, 1.82) is 0 Å². The molecule has 1 amide bonds. The van der Waals surface area contributed by atoms with Crippen LogP contribution in [0.3, 0.4) is 0 Å². The molecular formula is C14H23N3O. The number of hydrogen-bond donors (Lipinski definition) is 2. The summed E-state index contributed by atoms with van der Waals surface area (Å²) in [6.07, 6.45) is 1.04. The standard InChI is InChI=1S/C14H23N3O/c1-10(2)9-11-5-7-12(8-6-11)13(15)14(18)16-17(3)4/h5-8,10,13H,9,15H2,1-4H3,(H,16,18). The second-order valence-corrected chi connectivity index (χ2v) is 5.19. The van der Waals surface area contributed by atoms with E-state index >= 15 is 0 Å². The van der Waals surface area contributed by atoms with Crippen molar-refractivity contribution in [3.05, 3.63) is 35.4 Å². The van der Waals surface area contributed by atoms with E-state index in [-0.39, 0.29) is 5.91 Å². The highest BCUT2D eigenvalue weighted by molar-refractivity contribution is 5.82. The second-order valence-electron chi connectivity index (χ2n) is 5.19. The van der Waals surface area contributed by atoms with Gasteiger partial charge in [-0.25, -0.2) is 5.01 Å². The molecule has 3 N–H and O–H groups in total. The zero-order valence-corrected chi connectivity index (χ0v) is 11.6. The normalized spacial score (nSPS) is 12.8. The smallest absolute Gasteiger partial charge is 0.255 e. The SMILES string of the molecule is CC(C)Cc1ccc(C(N)C(=O)NN(C)C)cc1. The van der Waals surface area contributed by atoms with E-state index in [1.807, 2.05) is 24.3 Å². The molecule has 0 aliphatic carbocycles. The Bertz CT molecular complexity index is 385. The number of benzene rings is 1. The van der Waals surface area contributed by atoms with Crippen LogP contribution in [0, 0.1) is 5.92 Å². The van der Waals surface area contributed by atoms with Crippen LogP contribution in [0.4, 0.5) is 0 Å². The Morgan fingerprint density at radius 1 is 1.28 bits per heavy atom. The van der Waals surface area contributed by atoms with Crippen molar-refractivity contribution in [1.82, 2.24) is 10.4 Å². The number of nitrogens with one attached hydrogen (secondary N) is 1. The first kappa shape index (κ1) is 14.7. The van der Waals surface area contributed by atoms with E-state index in [9.17, 15) is 4.79 Å². The lowest BCUT2D eigenvalue weighted by molar-refractivity contribution is -0.126. The van der Waals surface area contributed by atoms with Gasteiger partial charge < -0.3 is 5.73 Å². The number of hydrazine groups is 1. The van der Waals surface area contributed by atoms with Crippen LogP contribution in [0.15, 0.2) is 24.3 Å². The molecule has 1 unspecified atom stereocenters. The lowest BCUT2D eigenvalue weighted by Gasteiger charge is -2.17. The van der Waals surface area contributed by atoms with Crippen LogP contribution < -0.4 is 11.2 Å². The van der Waals surface area contributed by atoms with Crippen LogP contribution in [0.2, 0.25) is 0 Å². The molecule has 0 saturated heterocycles. The van der Waals surface area contributed by atoms with Crippen LogP contribution in [0.5, 0.6) is 0 Å². The van der Waals surface area contributed by atoms with Crippen molar-refractivity contribution in [2.45, 2.75) is 26.3 Å². The first-order valence-corrected chi connectivity index (χ1v) is 6.22. The van der Waals surface area contributed by atoms with E-state index in [2.05, 4.69) is 19.3 Å². The molecule has 0 aliphatic rings. The molecule has 18 heavy (non-hydrogen) atoms. The number of amides is 1. The zero-order valence-electron chi connectivity index (χ0n) is 11.6. The molecule has 0 radical (unpaired) electrons. The fraction of sp³-hybridized carbons (Fsp3) is 0.500. The summed E-state index contributed by atoms with van der Waals surface area (Å²) in [7, 11) is 3.52. The number of hydrogen-bond acceptors (Lipinski definition) is 3. The summed E-state index contributed by atoms with van der Waals surface area (Å²) in [6.45, 7) is 4.37. The number of nitrogens with two attached hydrogens (primary N) is 1. The lowest BCUT2D eigenvalue weighted by atomic mass is 9.99. The first-order chi connectivity index (χ1) is 8.40. The summed E-state index contributed by atoms with van der Waals surface area (Å²) in [5, 5.41) is 1.59. The van der Waals surface area contributed by atoms with Crippen molar-refractivity contribution >= 4 is 5.91 Å². The molecule has 4 heteroatoms. The van der Waals surface area contributed by atoms with Gasteiger partial charge in [-0.3, -0.25) is 10.2 Å². The molecular weight excluding hydrogens is 226 g/mol. The van der Waals surface area contributed by atoms with Crippen molar-refractivity contribution in [3.63, 3.8) is 0 Å². The van der Waals surface area contributed by atoms with Crippen molar-refractivity contribution in [3.8, 4) is 0 Å². The monoisotopic (exact) mass is 249 g/mol. The summed E-state index contributed by atoms with van der Waals surface area (Å²) >= 11 is 0. The molecule has 1 aromatic rings. The van der Waals surface area contributed by atoms with Crippen LogP contribution in [-0.4, -0.2) is 25.0 Å². The molecule has 0 spiro atoms. The van der Waals surface area contributed by atoms with E-state index in [0.29, 0.717) is 5.92 Å². The quantitative estimate of drug-likeness (QED) is 0.777.